The van der Waals surface area contributed by atoms with E-state index >= 15 is 0 Å². The summed E-state index contributed by atoms with van der Waals surface area (Å²) < 4.78 is 5.73. The molecule has 0 spiro atoms. The van der Waals surface area contributed by atoms with Gasteiger partial charge in [0.2, 0.25) is 0 Å². The fourth-order valence-corrected chi connectivity index (χ4v) is 2.63. The Morgan fingerprint density at radius 2 is 1.95 bits per heavy atom. The third-order valence-electron chi connectivity index (χ3n) is 2.96. The van der Waals surface area contributed by atoms with E-state index in [-0.39, 0.29) is 12.1 Å². The fourth-order valence-electron chi connectivity index (χ4n) is 2.14. The zero-order chi connectivity index (χ0) is 15.4. The summed E-state index contributed by atoms with van der Waals surface area (Å²) in [4.78, 5) is 4.35. The Bertz CT molecular complexity index is 617. The van der Waals surface area contributed by atoms with Crippen molar-refractivity contribution in [3.63, 3.8) is 0 Å². The van der Waals surface area contributed by atoms with Crippen molar-refractivity contribution in [3.05, 3.63) is 57.8 Å². The number of pyridine rings is 1. The van der Waals surface area contributed by atoms with E-state index in [0.29, 0.717) is 10.0 Å². The van der Waals surface area contributed by atoms with Crippen molar-refractivity contribution < 1.29 is 4.74 Å². The van der Waals surface area contributed by atoms with Crippen molar-refractivity contribution >= 4 is 23.2 Å². The number of hydrogen-bond donors (Lipinski definition) is 1. The van der Waals surface area contributed by atoms with Crippen LogP contribution < -0.4 is 10.1 Å². The lowest BCUT2D eigenvalue weighted by Gasteiger charge is -2.19. The van der Waals surface area contributed by atoms with E-state index in [2.05, 4.69) is 10.3 Å². The van der Waals surface area contributed by atoms with Gasteiger partial charge in [-0.25, -0.2) is 0 Å². The Balaban J connectivity index is 2.37. The van der Waals surface area contributed by atoms with E-state index in [0.717, 1.165) is 17.0 Å². The lowest BCUT2D eigenvalue weighted by atomic mass is 10.0. The molecule has 5 heteroatoms. The van der Waals surface area contributed by atoms with E-state index in [1.54, 1.807) is 12.3 Å². The van der Waals surface area contributed by atoms with Crippen LogP contribution in [0.1, 0.15) is 31.1 Å². The molecule has 1 heterocycles. The van der Waals surface area contributed by atoms with Crippen LogP contribution in [-0.2, 0) is 0 Å². The number of hydrogen-bond acceptors (Lipinski definition) is 3. The minimum absolute atomic E-state index is 0.120. The highest BCUT2D eigenvalue weighted by Crippen LogP contribution is 2.30. The predicted octanol–water partition coefficient (Wildman–Crippen LogP) is 4.48. The maximum Gasteiger partial charge on any atom is 0.120 e. The average Bonchev–Trinajstić information content (AvgIpc) is 2.41. The van der Waals surface area contributed by atoms with Gasteiger partial charge in [0.15, 0.2) is 0 Å². The van der Waals surface area contributed by atoms with Gasteiger partial charge in [0.1, 0.15) is 5.75 Å². The van der Waals surface area contributed by atoms with Crippen molar-refractivity contribution in [2.24, 2.45) is 0 Å². The second-order valence-corrected chi connectivity index (χ2v) is 5.83. The summed E-state index contributed by atoms with van der Waals surface area (Å²) in [5.74, 6) is 0.827. The molecule has 0 radical (unpaired) electrons. The first-order chi connectivity index (χ1) is 10.0. The van der Waals surface area contributed by atoms with Crippen LogP contribution in [-0.4, -0.2) is 18.1 Å². The Kier molecular flexibility index (Phi) is 5.45. The van der Waals surface area contributed by atoms with Crippen LogP contribution in [0.15, 0.2) is 36.5 Å². The summed E-state index contributed by atoms with van der Waals surface area (Å²) in [5, 5.41) is 4.29. The number of aromatic nitrogens is 1. The molecule has 21 heavy (non-hydrogen) atoms. The van der Waals surface area contributed by atoms with Gasteiger partial charge in [0, 0.05) is 6.20 Å². The van der Waals surface area contributed by atoms with Crippen LogP contribution in [0, 0.1) is 0 Å². The molecule has 0 bridgehead atoms. The fraction of sp³-hybridized carbons (Fsp3) is 0.312. The maximum absolute atomic E-state index is 6.26. The molecule has 3 nitrogen and oxygen atoms in total. The van der Waals surface area contributed by atoms with Crippen molar-refractivity contribution in [3.8, 4) is 5.75 Å². The third kappa shape index (κ3) is 4.10. The van der Waals surface area contributed by atoms with Gasteiger partial charge in [-0.1, -0.05) is 35.3 Å². The molecule has 112 valence electrons. The quantitative estimate of drug-likeness (QED) is 0.880. The molecule has 0 saturated carbocycles. The van der Waals surface area contributed by atoms with Gasteiger partial charge in [-0.05, 0) is 44.7 Å². The minimum Gasteiger partial charge on any atom is -0.491 e. The molecule has 2 aromatic rings. The zero-order valence-corrected chi connectivity index (χ0v) is 13.7. The number of nitrogens with one attached hydrogen (secondary N) is 1. The van der Waals surface area contributed by atoms with Gasteiger partial charge in [0.25, 0.3) is 0 Å². The molecule has 1 unspecified atom stereocenters. The van der Waals surface area contributed by atoms with Crippen LogP contribution in [0.2, 0.25) is 10.0 Å². The number of benzene rings is 1. The van der Waals surface area contributed by atoms with E-state index in [1.165, 1.54) is 0 Å². The normalized spacial score (nSPS) is 12.5. The molecule has 0 amide bonds. The number of rotatable bonds is 5. The first-order valence-electron chi connectivity index (χ1n) is 6.76. The third-order valence-corrected chi connectivity index (χ3v) is 3.47. The summed E-state index contributed by atoms with van der Waals surface area (Å²) in [6.07, 6.45) is 1.73. The van der Waals surface area contributed by atoms with Gasteiger partial charge in [0.05, 0.1) is 27.9 Å². The standard InChI is InChI=1S/C16H18Cl2N2O/c1-10(2)21-13-6-4-5-11(7-13)15(19-3)16-14(18)8-12(17)9-20-16/h4-10,15,19H,1-3H3. The molecule has 0 fully saturated rings. The van der Waals surface area contributed by atoms with Crippen molar-refractivity contribution in [2.45, 2.75) is 26.0 Å². The van der Waals surface area contributed by atoms with Crippen LogP contribution in [0.5, 0.6) is 5.75 Å². The highest BCUT2D eigenvalue weighted by molar-refractivity contribution is 6.34. The first kappa shape index (κ1) is 16.1. The summed E-state index contributed by atoms with van der Waals surface area (Å²) in [7, 11) is 1.87. The van der Waals surface area contributed by atoms with Crippen LogP contribution in [0.4, 0.5) is 0 Å². The number of nitrogens with zero attached hydrogens (tertiary/aromatic N) is 1. The lowest BCUT2D eigenvalue weighted by molar-refractivity contribution is 0.242. The Morgan fingerprint density at radius 1 is 1.19 bits per heavy atom. The monoisotopic (exact) mass is 324 g/mol. The largest absolute Gasteiger partial charge is 0.491 e. The second-order valence-electron chi connectivity index (χ2n) is 4.98. The second kappa shape index (κ2) is 7.12. The topological polar surface area (TPSA) is 34.1 Å². The number of halogens is 2. The summed E-state index contributed by atoms with van der Waals surface area (Å²) >= 11 is 12.2. The minimum atomic E-state index is -0.120. The molecular weight excluding hydrogens is 307 g/mol. The molecular formula is C16H18Cl2N2O. The van der Waals surface area contributed by atoms with E-state index in [4.69, 9.17) is 27.9 Å². The molecule has 1 atom stereocenters. The van der Waals surface area contributed by atoms with Crippen LogP contribution in [0.3, 0.4) is 0 Å². The van der Waals surface area contributed by atoms with Gasteiger partial charge in [-0.2, -0.15) is 0 Å². The van der Waals surface area contributed by atoms with Gasteiger partial charge >= 0.3 is 0 Å². The van der Waals surface area contributed by atoms with Gasteiger partial charge in [-0.3, -0.25) is 4.98 Å². The SMILES string of the molecule is CNC(c1cccc(OC(C)C)c1)c1ncc(Cl)cc1Cl. The van der Waals surface area contributed by atoms with Crippen LogP contribution in [0.25, 0.3) is 0 Å². The van der Waals surface area contributed by atoms with E-state index in [9.17, 15) is 0 Å². The number of ether oxygens (including phenoxy) is 1. The summed E-state index contributed by atoms with van der Waals surface area (Å²) in [6, 6.07) is 9.48. The molecule has 1 N–H and O–H groups in total. The van der Waals surface area contributed by atoms with E-state index < -0.39 is 0 Å². The maximum atomic E-state index is 6.26. The predicted molar refractivity (Wildman–Crippen MR) is 87.4 cm³/mol. The summed E-state index contributed by atoms with van der Waals surface area (Å²) in [5.41, 5.74) is 1.78. The lowest BCUT2D eigenvalue weighted by Crippen LogP contribution is -2.19. The van der Waals surface area contributed by atoms with Crippen molar-refractivity contribution in [2.75, 3.05) is 7.05 Å². The van der Waals surface area contributed by atoms with Gasteiger partial charge < -0.3 is 10.1 Å². The molecule has 2 rings (SSSR count). The first-order valence-corrected chi connectivity index (χ1v) is 7.51. The molecule has 1 aromatic heterocycles. The van der Waals surface area contributed by atoms with Crippen LogP contribution >= 0.6 is 23.2 Å². The van der Waals surface area contributed by atoms with Crippen molar-refractivity contribution in [1.82, 2.24) is 10.3 Å². The molecule has 0 saturated heterocycles. The molecule has 0 aliphatic heterocycles. The zero-order valence-electron chi connectivity index (χ0n) is 12.2. The summed E-state index contributed by atoms with van der Waals surface area (Å²) in [6.45, 7) is 4.00. The van der Waals surface area contributed by atoms with Gasteiger partial charge in [-0.15, -0.1) is 0 Å². The average molecular weight is 325 g/mol. The highest BCUT2D eigenvalue weighted by Gasteiger charge is 2.17. The Morgan fingerprint density at radius 3 is 2.57 bits per heavy atom. The van der Waals surface area contributed by atoms with Crippen molar-refractivity contribution in [1.29, 1.82) is 0 Å². The molecule has 1 aromatic carbocycles. The Hall–Kier alpha value is -1.29. The highest BCUT2D eigenvalue weighted by atomic mass is 35.5. The van der Waals surface area contributed by atoms with E-state index in [1.807, 2.05) is 45.2 Å². The molecule has 0 aliphatic carbocycles. The smallest absolute Gasteiger partial charge is 0.120 e. The molecule has 0 aliphatic rings. The Labute approximate surface area is 135 Å².